The van der Waals surface area contributed by atoms with Gasteiger partial charge in [-0.05, 0) is 19.1 Å². The largest absolute Gasteiger partial charge is 0.349 e. The maximum atomic E-state index is 12.3. The van der Waals surface area contributed by atoms with Crippen molar-refractivity contribution in [2.75, 3.05) is 6.54 Å². The van der Waals surface area contributed by atoms with Crippen LogP contribution in [0.5, 0.6) is 0 Å². The van der Waals surface area contributed by atoms with Gasteiger partial charge in [-0.2, -0.15) is 5.10 Å². The Morgan fingerprint density at radius 3 is 2.92 bits per heavy atom. The van der Waals surface area contributed by atoms with Gasteiger partial charge >= 0.3 is 5.69 Å². The van der Waals surface area contributed by atoms with E-state index in [0.29, 0.717) is 11.9 Å². The molecule has 3 aromatic rings. The topological polar surface area (TPSA) is 115 Å². The van der Waals surface area contributed by atoms with Crippen LogP contribution in [0.4, 0.5) is 0 Å². The number of carbonyl (C=O) groups excluding carboxylic acids is 1. The Balaban J connectivity index is 1.75. The third kappa shape index (κ3) is 3.31. The maximum absolute atomic E-state index is 12.3. The number of rotatable bonds is 5. The van der Waals surface area contributed by atoms with Crippen LogP contribution in [0.3, 0.4) is 0 Å². The number of fused-ring (bicyclic) bond motifs is 1. The number of aromatic nitrogens is 5. The van der Waals surface area contributed by atoms with Crippen molar-refractivity contribution in [1.29, 1.82) is 0 Å². The van der Waals surface area contributed by atoms with Gasteiger partial charge in [-0.15, -0.1) is 0 Å². The molecule has 0 unspecified atom stereocenters. The minimum absolute atomic E-state index is 0.0108. The fourth-order valence-corrected chi connectivity index (χ4v) is 2.60. The molecular weight excluding hydrogens is 348 g/mol. The highest BCUT2D eigenvalue weighted by Crippen LogP contribution is 2.13. The SMILES string of the molecule is CCn1cc(Cl)c(C(=O)NCCn2c(=O)[nH]c3ncccc3c2=O)n1. The minimum Gasteiger partial charge on any atom is -0.349 e. The van der Waals surface area contributed by atoms with Crippen LogP contribution in [0.25, 0.3) is 11.0 Å². The molecule has 0 atom stereocenters. The molecule has 1 amide bonds. The molecular formula is C15H15ClN6O3. The second-order valence-electron chi connectivity index (χ2n) is 5.22. The van der Waals surface area contributed by atoms with E-state index < -0.39 is 17.2 Å². The van der Waals surface area contributed by atoms with Crippen molar-refractivity contribution in [2.45, 2.75) is 20.0 Å². The van der Waals surface area contributed by atoms with Gasteiger partial charge < -0.3 is 5.32 Å². The first-order valence-electron chi connectivity index (χ1n) is 7.60. The summed E-state index contributed by atoms with van der Waals surface area (Å²) in [6, 6.07) is 3.19. The minimum atomic E-state index is -0.584. The highest BCUT2D eigenvalue weighted by molar-refractivity contribution is 6.33. The number of pyridine rings is 1. The molecule has 0 fully saturated rings. The molecule has 9 nitrogen and oxygen atoms in total. The summed E-state index contributed by atoms with van der Waals surface area (Å²) in [6.07, 6.45) is 3.05. The molecule has 0 saturated heterocycles. The van der Waals surface area contributed by atoms with Crippen molar-refractivity contribution in [3.05, 3.63) is 56.1 Å². The van der Waals surface area contributed by atoms with Crippen LogP contribution in [0.1, 0.15) is 17.4 Å². The quantitative estimate of drug-likeness (QED) is 0.681. The lowest BCUT2D eigenvalue weighted by Crippen LogP contribution is -2.39. The fraction of sp³-hybridized carbons (Fsp3) is 0.267. The summed E-state index contributed by atoms with van der Waals surface area (Å²) in [7, 11) is 0. The van der Waals surface area contributed by atoms with Gasteiger partial charge in [-0.25, -0.2) is 9.78 Å². The summed E-state index contributed by atoms with van der Waals surface area (Å²) in [6.45, 7) is 2.54. The van der Waals surface area contributed by atoms with Crippen LogP contribution in [0, 0.1) is 0 Å². The second-order valence-corrected chi connectivity index (χ2v) is 5.63. The molecule has 0 aliphatic carbocycles. The number of H-pyrrole nitrogens is 1. The Bertz CT molecular complexity index is 1050. The molecule has 25 heavy (non-hydrogen) atoms. The first-order valence-corrected chi connectivity index (χ1v) is 7.98. The van der Waals surface area contributed by atoms with Crippen molar-refractivity contribution >= 4 is 28.5 Å². The number of hydrogen-bond acceptors (Lipinski definition) is 5. The zero-order valence-electron chi connectivity index (χ0n) is 13.3. The van der Waals surface area contributed by atoms with Crippen molar-refractivity contribution in [3.63, 3.8) is 0 Å². The Morgan fingerprint density at radius 2 is 2.20 bits per heavy atom. The number of aromatic amines is 1. The predicted octanol–water partition coefficient (Wildman–Crippen LogP) is 0.385. The number of nitrogens with zero attached hydrogens (tertiary/aromatic N) is 4. The maximum Gasteiger partial charge on any atom is 0.330 e. The van der Waals surface area contributed by atoms with Gasteiger partial charge in [0.25, 0.3) is 11.5 Å². The standard InChI is InChI=1S/C15H15ClN6O3/c1-2-21-8-10(16)11(20-21)13(23)18-6-7-22-14(24)9-4-3-5-17-12(9)19-15(22)25/h3-5,8H,2,6-7H2,1H3,(H,18,23)(H,17,19,25). The number of carbonyl (C=O) groups is 1. The van der Waals surface area contributed by atoms with Gasteiger partial charge in [0.15, 0.2) is 5.69 Å². The van der Waals surface area contributed by atoms with Crippen LogP contribution < -0.4 is 16.6 Å². The van der Waals surface area contributed by atoms with Crippen LogP contribution in [0.15, 0.2) is 34.1 Å². The third-order valence-electron chi connectivity index (χ3n) is 3.63. The molecule has 0 bridgehead atoms. The number of aryl methyl sites for hydroxylation is 1. The molecule has 2 N–H and O–H groups in total. The fourth-order valence-electron chi connectivity index (χ4n) is 2.36. The summed E-state index contributed by atoms with van der Waals surface area (Å²) in [4.78, 5) is 43.0. The molecule has 10 heteroatoms. The number of hydrogen-bond donors (Lipinski definition) is 2. The lowest BCUT2D eigenvalue weighted by atomic mass is 10.3. The molecule has 0 aromatic carbocycles. The van der Waals surface area contributed by atoms with E-state index in [1.165, 1.54) is 6.20 Å². The third-order valence-corrected chi connectivity index (χ3v) is 3.91. The first kappa shape index (κ1) is 16.9. The van der Waals surface area contributed by atoms with Gasteiger partial charge in [-0.3, -0.25) is 23.8 Å². The van der Waals surface area contributed by atoms with E-state index in [9.17, 15) is 14.4 Å². The second kappa shape index (κ2) is 6.89. The Morgan fingerprint density at radius 1 is 1.40 bits per heavy atom. The predicted molar refractivity (Wildman–Crippen MR) is 91.9 cm³/mol. The van der Waals surface area contributed by atoms with E-state index in [2.05, 4.69) is 20.4 Å². The van der Waals surface area contributed by atoms with E-state index >= 15 is 0 Å². The normalized spacial score (nSPS) is 11.0. The summed E-state index contributed by atoms with van der Waals surface area (Å²) < 4.78 is 2.55. The van der Waals surface area contributed by atoms with Crippen LogP contribution >= 0.6 is 11.6 Å². The van der Waals surface area contributed by atoms with Gasteiger partial charge in [0.1, 0.15) is 5.65 Å². The summed E-state index contributed by atoms with van der Waals surface area (Å²) >= 11 is 5.97. The first-order chi connectivity index (χ1) is 12.0. The molecule has 0 aliphatic heterocycles. The summed E-state index contributed by atoms with van der Waals surface area (Å²) in [5, 5.41) is 7.20. The Labute approximate surface area is 146 Å². The number of halogens is 1. The lowest BCUT2D eigenvalue weighted by molar-refractivity contribution is 0.0946. The molecule has 0 spiro atoms. The van der Waals surface area contributed by atoms with Gasteiger partial charge in [-0.1, -0.05) is 11.6 Å². The van der Waals surface area contributed by atoms with Gasteiger partial charge in [0.05, 0.1) is 10.4 Å². The van der Waals surface area contributed by atoms with E-state index in [-0.39, 0.29) is 29.5 Å². The van der Waals surface area contributed by atoms with Crippen LogP contribution in [0.2, 0.25) is 5.02 Å². The van der Waals surface area contributed by atoms with E-state index in [4.69, 9.17) is 11.6 Å². The average Bonchev–Trinajstić information content (AvgIpc) is 2.98. The zero-order chi connectivity index (χ0) is 18.0. The molecule has 0 saturated carbocycles. The van der Waals surface area contributed by atoms with E-state index in [1.807, 2.05) is 6.92 Å². The number of amides is 1. The van der Waals surface area contributed by atoms with E-state index in [1.54, 1.807) is 23.0 Å². The van der Waals surface area contributed by atoms with Gasteiger partial charge in [0, 0.05) is 32.0 Å². The van der Waals surface area contributed by atoms with Crippen molar-refractivity contribution in [1.82, 2.24) is 29.6 Å². The molecule has 3 heterocycles. The van der Waals surface area contributed by atoms with Crippen LogP contribution in [-0.2, 0) is 13.1 Å². The summed E-state index contributed by atoms with van der Waals surface area (Å²) in [5.74, 6) is -0.468. The highest BCUT2D eigenvalue weighted by atomic mass is 35.5. The smallest absolute Gasteiger partial charge is 0.330 e. The average molecular weight is 363 g/mol. The molecule has 0 aliphatic rings. The van der Waals surface area contributed by atoms with Gasteiger partial charge in [0.2, 0.25) is 0 Å². The molecule has 0 radical (unpaired) electrons. The molecule has 130 valence electrons. The highest BCUT2D eigenvalue weighted by Gasteiger charge is 2.15. The molecule has 3 aromatic heterocycles. The van der Waals surface area contributed by atoms with Crippen molar-refractivity contribution < 1.29 is 4.79 Å². The Kier molecular flexibility index (Phi) is 4.66. The van der Waals surface area contributed by atoms with Crippen LogP contribution in [-0.4, -0.2) is 36.8 Å². The monoisotopic (exact) mass is 362 g/mol. The van der Waals surface area contributed by atoms with Crippen molar-refractivity contribution in [3.8, 4) is 0 Å². The van der Waals surface area contributed by atoms with E-state index in [0.717, 1.165) is 4.57 Å². The summed E-state index contributed by atoms with van der Waals surface area (Å²) in [5.41, 5.74) is -0.713. The van der Waals surface area contributed by atoms with Crippen molar-refractivity contribution in [2.24, 2.45) is 0 Å². The molecule has 3 rings (SSSR count). The number of nitrogens with one attached hydrogen (secondary N) is 2. The Hall–Kier alpha value is -2.94. The lowest BCUT2D eigenvalue weighted by Gasteiger charge is -2.07. The zero-order valence-corrected chi connectivity index (χ0v) is 14.1.